The van der Waals surface area contributed by atoms with Crippen molar-refractivity contribution in [3.8, 4) is 11.5 Å². The minimum atomic E-state index is -1.70. The van der Waals surface area contributed by atoms with Crippen LogP contribution in [-0.4, -0.2) is 45.7 Å². The van der Waals surface area contributed by atoms with Gasteiger partial charge in [0.15, 0.2) is 21.2 Å². The van der Waals surface area contributed by atoms with E-state index in [0.717, 1.165) is 4.90 Å². The third-order valence-electron chi connectivity index (χ3n) is 5.03. The lowest BCUT2D eigenvalue weighted by atomic mass is 9.68. The van der Waals surface area contributed by atoms with Crippen LogP contribution in [0.3, 0.4) is 0 Å². The quantitative estimate of drug-likeness (QED) is 0.386. The van der Waals surface area contributed by atoms with E-state index < -0.39 is 27.5 Å². The summed E-state index contributed by atoms with van der Waals surface area (Å²) in [6, 6.07) is 3.30. The van der Waals surface area contributed by atoms with E-state index >= 15 is 0 Å². The highest BCUT2D eigenvalue weighted by molar-refractivity contribution is 14.1. The third-order valence-corrected chi connectivity index (χ3v) is 7.26. The minimum absolute atomic E-state index is 0.0107. The summed E-state index contributed by atoms with van der Waals surface area (Å²) in [5.41, 5.74) is 1.29. The largest absolute Gasteiger partial charge is 0.504 e. The number of carbonyl (C=O) groups excluding carboxylic acids is 2. The second-order valence-electron chi connectivity index (χ2n) is 6.28. The molecule has 1 aliphatic carbocycles. The van der Waals surface area contributed by atoms with Gasteiger partial charge < -0.3 is 9.84 Å². The molecule has 138 valence electrons. The van der Waals surface area contributed by atoms with Crippen LogP contribution in [0.2, 0.25) is 0 Å². The number of likely N-dealkylation sites (tertiary alicyclic amines) is 1. The first kappa shape index (κ1) is 19.5. The first-order chi connectivity index (χ1) is 12.1. The number of halogens is 3. The Hall–Kier alpha value is -1.25. The number of hydrogen-bond donors (Lipinski definition) is 1. The highest BCUT2D eigenvalue weighted by Crippen LogP contribution is 2.59. The lowest BCUT2D eigenvalue weighted by Crippen LogP contribution is -2.54. The van der Waals surface area contributed by atoms with Gasteiger partial charge in [-0.2, -0.15) is 0 Å². The predicted molar refractivity (Wildman–Crippen MR) is 108 cm³/mol. The maximum atomic E-state index is 13.0. The molecule has 3 atom stereocenters. The second kappa shape index (κ2) is 6.42. The molecule has 0 saturated carbocycles. The number of alkyl halides is 2. The number of amides is 2. The van der Waals surface area contributed by atoms with Gasteiger partial charge in [0.1, 0.15) is 0 Å². The third kappa shape index (κ3) is 2.34. The fourth-order valence-corrected chi connectivity index (χ4v) is 5.22. The molecule has 1 aromatic carbocycles. The number of aromatic hydroxyl groups is 1. The number of methoxy groups -OCH3 is 1. The normalized spacial score (nSPS) is 30.9. The molecule has 0 radical (unpaired) electrons. The van der Waals surface area contributed by atoms with Gasteiger partial charge in [-0.1, -0.05) is 18.7 Å². The highest BCUT2D eigenvalue weighted by Gasteiger charge is 2.72. The predicted octanol–water partition coefficient (Wildman–Crippen LogP) is 3.56. The van der Waals surface area contributed by atoms with Crippen LogP contribution in [0.5, 0.6) is 11.5 Å². The van der Waals surface area contributed by atoms with Crippen molar-refractivity contribution in [1.29, 1.82) is 0 Å². The Balaban J connectivity index is 2.30. The molecule has 1 heterocycles. The monoisotopic (exact) mass is 507 g/mol. The summed E-state index contributed by atoms with van der Waals surface area (Å²) < 4.78 is 5.75. The Morgan fingerprint density at radius 2 is 2.04 bits per heavy atom. The van der Waals surface area contributed by atoms with Crippen LogP contribution in [0.15, 0.2) is 36.4 Å². The van der Waals surface area contributed by atoms with Crippen LogP contribution < -0.4 is 4.74 Å². The number of benzene rings is 1. The zero-order valence-corrected chi connectivity index (χ0v) is 17.7. The lowest BCUT2D eigenvalue weighted by Gasteiger charge is -2.42. The Kier molecular flexibility index (Phi) is 4.82. The maximum absolute atomic E-state index is 13.0. The number of nitrogens with zero attached hydrogens (tertiary/aromatic N) is 1. The zero-order chi connectivity index (χ0) is 19.4. The molecule has 26 heavy (non-hydrogen) atoms. The number of imide groups is 1. The van der Waals surface area contributed by atoms with E-state index in [2.05, 4.69) is 6.58 Å². The first-order valence-corrected chi connectivity index (χ1v) is 9.56. The zero-order valence-electron chi connectivity index (χ0n) is 14.1. The van der Waals surface area contributed by atoms with Crippen LogP contribution in [-0.2, 0) is 9.59 Å². The van der Waals surface area contributed by atoms with Crippen LogP contribution in [0.25, 0.3) is 0 Å². The van der Waals surface area contributed by atoms with Crippen molar-refractivity contribution in [3.05, 3.63) is 45.6 Å². The molecule has 2 aliphatic rings. The molecule has 1 aliphatic heterocycles. The number of rotatable bonds is 3. The SMILES string of the molecule is C=CC1=CCC2(Cl)C(=O)N(C)C(=O)C2(Cl)C1c1cc(I)c(O)c(OC)c1. The standard InChI is InChI=1S/C18H16Cl2INO4/c1-4-9-5-6-17(19)15(24)22(2)16(25)18(17,20)13(9)10-7-11(21)14(23)12(8-10)26-3/h4-5,7-8,13,23H,1,6H2,2-3H3. The highest BCUT2D eigenvalue weighted by atomic mass is 127. The van der Waals surface area contributed by atoms with Crippen LogP contribution >= 0.6 is 45.8 Å². The molecule has 0 spiro atoms. The Labute approximate surface area is 174 Å². The summed E-state index contributed by atoms with van der Waals surface area (Å²) in [6.07, 6.45) is 3.51. The van der Waals surface area contributed by atoms with Crippen molar-refractivity contribution in [2.45, 2.75) is 22.1 Å². The Bertz CT molecular complexity index is 871. The van der Waals surface area contributed by atoms with Gasteiger partial charge in [-0.25, -0.2) is 0 Å². The van der Waals surface area contributed by atoms with E-state index in [4.69, 9.17) is 27.9 Å². The first-order valence-electron chi connectivity index (χ1n) is 7.72. The average Bonchev–Trinajstić information content (AvgIpc) is 2.75. The lowest BCUT2D eigenvalue weighted by molar-refractivity contribution is -0.137. The molecule has 2 amide bonds. The van der Waals surface area contributed by atoms with E-state index in [-0.39, 0.29) is 17.9 Å². The van der Waals surface area contributed by atoms with E-state index in [0.29, 0.717) is 14.7 Å². The summed E-state index contributed by atoms with van der Waals surface area (Å²) in [7, 11) is 2.81. The van der Waals surface area contributed by atoms with E-state index in [1.165, 1.54) is 14.2 Å². The Morgan fingerprint density at radius 3 is 2.62 bits per heavy atom. The van der Waals surface area contributed by atoms with Gasteiger partial charge in [-0.15, -0.1) is 23.2 Å². The maximum Gasteiger partial charge on any atom is 0.253 e. The number of phenols is 1. The molecular weight excluding hydrogens is 492 g/mol. The van der Waals surface area contributed by atoms with Crippen molar-refractivity contribution < 1.29 is 19.4 Å². The number of carbonyl (C=O) groups is 2. The smallest absolute Gasteiger partial charge is 0.253 e. The van der Waals surface area contributed by atoms with Crippen LogP contribution in [0, 0.1) is 3.57 Å². The fourth-order valence-electron chi connectivity index (χ4n) is 3.66. The average molecular weight is 508 g/mol. The minimum Gasteiger partial charge on any atom is -0.504 e. The molecule has 5 nitrogen and oxygen atoms in total. The number of fused-ring (bicyclic) bond motifs is 1. The van der Waals surface area contributed by atoms with E-state index in [9.17, 15) is 14.7 Å². The molecule has 8 heteroatoms. The molecule has 0 bridgehead atoms. The summed E-state index contributed by atoms with van der Waals surface area (Å²) in [5.74, 6) is -1.57. The summed E-state index contributed by atoms with van der Waals surface area (Å²) in [4.78, 5) is 23.3. The second-order valence-corrected chi connectivity index (χ2v) is 8.68. The molecule has 3 rings (SSSR count). The topological polar surface area (TPSA) is 66.8 Å². The summed E-state index contributed by atoms with van der Waals surface area (Å²) >= 11 is 15.5. The van der Waals surface area contributed by atoms with Gasteiger partial charge in [0.2, 0.25) is 0 Å². The van der Waals surface area contributed by atoms with Crippen molar-refractivity contribution in [2.24, 2.45) is 0 Å². The molecule has 1 aromatic rings. The Morgan fingerprint density at radius 1 is 1.38 bits per heavy atom. The molecule has 1 saturated heterocycles. The molecule has 3 unspecified atom stereocenters. The molecular formula is C18H16Cl2INO4. The van der Waals surface area contributed by atoms with Gasteiger partial charge in [0.05, 0.1) is 10.7 Å². The number of hydrogen-bond acceptors (Lipinski definition) is 4. The van der Waals surface area contributed by atoms with Crippen molar-refractivity contribution >= 4 is 57.6 Å². The van der Waals surface area contributed by atoms with Crippen LogP contribution in [0.1, 0.15) is 17.9 Å². The van der Waals surface area contributed by atoms with Gasteiger partial charge in [-0.3, -0.25) is 14.5 Å². The number of ether oxygens (including phenoxy) is 1. The molecule has 0 aromatic heterocycles. The van der Waals surface area contributed by atoms with E-state index in [1.807, 2.05) is 22.6 Å². The number of allylic oxidation sites excluding steroid dienone is 3. The van der Waals surface area contributed by atoms with Crippen molar-refractivity contribution in [2.75, 3.05) is 14.2 Å². The summed E-state index contributed by atoms with van der Waals surface area (Å²) in [5, 5.41) is 10.1. The van der Waals surface area contributed by atoms with Crippen LogP contribution in [0.4, 0.5) is 0 Å². The number of phenolic OH excluding ortho intramolecular Hbond substituents is 1. The molecule has 1 fully saturated rings. The molecule has 1 N–H and O–H groups in total. The van der Waals surface area contributed by atoms with Gasteiger partial charge in [0, 0.05) is 13.0 Å². The van der Waals surface area contributed by atoms with Gasteiger partial charge in [0.25, 0.3) is 11.8 Å². The fraction of sp³-hybridized carbons (Fsp3) is 0.333. The van der Waals surface area contributed by atoms with Gasteiger partial charge >= 0.3 is 0 Å². The summed E-state index contributed by atoms with van der Waals surface area (Å²) in [6.45, 7) is 3.81. The van der Waals surface area contributed by atoms with Crippen molar-refractivity contribution in [3.63, 3.8) is 0 Å². The van der Waals surface area contributed by atoms with E-state index in [1.54, 1.807) is 24.3 Å². The van der Waals surface area contributed by atoms with Crippen molar-refractivity contribution in [1.82, 2.24) is 4.90 Å². The van der Waals surface area contributed by atoms with Gasteiger partial charge in [-0.05, 0) is 52.3 Å².